The van der Waals surface area contributed by atoms with E-state index in [1.54, 1.807) is 0 Å². The van der Waals surface area contributed by atoms with Crippen LogP contribution in [0.5, 0.6) is 0 Å². The summed E-state index contributed by atoms with van der Waals surface area (Å²) in [6.07, 6.45) is 1.25. The summed E-state index contributed by atoms with van der Waals surface area (Å²) in [5, 5.41) is 2.66. The van der Waals surface area contributed by atoms with E-state index in [-0.39, 0.29) is 5.56 Å². The maximum absolute atomic E-state index is 12.0. The summed E-state index contributed by atoms with van der Waals surface area (Å²) in [5.74, 6) is -0.495. The molecular formula is C14H15N3O3. The van der Waals surface area contributed by atoms with Gasteiger partial charge in [0.15, 0.2) is 0 Å². The highest BCUT2D eigenvalue weighted by molar-refractivity contribution is 5.93. The van der Waals surface area contributed by atoms with E-state index in [9.17, 15) is 14.4 Å². The standard InChI is InChI=1S/C14H15N3O3/c1-16-9-11(13(19)17(2)14(16)20)12(18)15-8-10-6-4-3-5-7-10/h3-7,9H,8H2,1-2H3,(H,15,18). The van der Waals surface area contributed by atoms with E-state index in [2.05, 4.69) is 5.32 Å². The highest BCUT2D eigenvalue weighted by Crippen LogP contribution is 1.98. The van der Waals surface area contributed by atoms with Crippen molar-refractivity contribution in [2.45, 2.75) is 6.54 Å². The monoisotopic (exact) mass is 273 g/mol. The molecule has 6 nitrogen and oxygen atoms in total. The molecule has 1 aromatic carbocycles. The quantitative estimate of drug-likeness (QED) is 0.856. The van der Waals surface area contributed by atoms with Crippen LogP contribution in [-0.2, 0) is 20.6 Å². The molecule has 0 aliphatic rings. The summed E-state index contributed by atoms with van der Waals surface area (Å²) in [6, 6.07) is 9.37. The Morgan fingerprint density at radius 2 is 1.80 bits per heavy atom. The molecule has 0 spiro atoms. The van der Waals surface area contributed by atoms with Gasteiger partial charge in [-0.15, -0.1) is 0 Å². The van der Waals surface area contributed by atoms with E-state index in [1.807, 2.05) is 30.3 Å². The van der Waals surface area contributed by atoms with Crippen LogP contribution >= 0.6 is 0 Å². The Hall–Kier alpha value is -2.63. The molecule has 0 fully saturated rings. The zero-order valence-corrected chi connectivity index (χ0v) is 11.3. The number of carbonyl (C=O) groups is 1. The van der Waals surface area contributed by atoms with E-state index in [4.69, 9.17) is 0 Å². The van der Waals surface area contributed by atoms with Crippen LogP contribution in [-0.4, -0.2) is 15.0 Å². The van der Waals surface area contributed by atoms with Gasteiger partial charge in [-0.1, -0.05) is 30.3 Å². The van der Waals surface area contributed by atoms with Crippen LogP contribution in [0.4, 0.5) is 0 Å². The highest BCUT2D eigenvalue weighted by Gasteiger charge is 2.14. The smallest absolute Gasteiger partial charge is 0.330 e. The van der Waals surface area contributed by atoms with E-state index in [1.165, 1.54) is 24.9 Å². The average Bonchev–Trinajstić information content (AvgIpc) is 2.47. The van der Waals surface area contributed by atoms with Crippen LogP contribution in [0.15, 0.2) is 46.1 Å². The summed E-state index contributed by atoms with van der Waals surface area (Å²) in [4.78, 5) is 35.4. The number of amides is 1. The molecule has 0 saturated carbocycles. The molecule has 1 amide bonds. The molecule has 0 radical (unpaired) electrons. The van der Waals surface area contributed by atoms with Crippen molar-refractivity contribution in [1.29, 1.82) is 0 Å². The van der Waals surface area contributed by atoms with Crippen molar-refractivity contribution in [3.63, 3.8) is 0 Å². The lowest BCUT2D eigenvalue weighted by Gasteiger charge is -2.07. The summed E-state index contributed by atoms with van der Waals surface area (Å²) < 4.78 is 2.12. The molecule has 2 aromatic rings. The fourth-order valence-electron chi connectivity index (χ4n) is 1.84. The van der Waals surface area contributed by atoms with Crippen molar-refractivity contribution in [1.82, 2.24) is 14.5 Å². The predicted octanol–water partition coefficient (Wildman–Crippen LogP) is 0.0140. The first-order valence-corrected chi connectivity index (χ1v) is 6.09. The second-order valence-corrected chi connectivity index (χ2v) is 4.47. The molecule has 1 heterocycles. The van der Waals surface area contributed by atoms with Crippen molar-refractivity contribution >= 4 is 5.91 Å². The summed E-state index contributed by atoms with van der Waals surface area (Å²) in [7, 11) is 2.84. The number of hydrogen-bond acceptors (Lipinski definition) is 3. The van der Waals surface area contributed by atoms with E-state index >= 15 is 0 Å². The minimum atomic E-state index is -0.598. The lowest BCUT2D eigenvalue weighted by molar-refractivity contribution is 0.0947. The fraction of sp³-hybridized carbons (Fsp3) is 0.214. The fourth-order valence-corrected chi connectivity index (χ4v) is 1.84. The Morgan fingerprint density at radius 1 is 1.15 bits per heavy atom. The molecule has 0 atom stereocenters. The number of aromatic nitrogens is 2. The van der Waals surface area contributed by atoms with Gasteiger partial charge in [-0.25, -0.2) is 4.79 Å². The molecule has 20 heavy (non-hydrogen) atoms. The van der Waals surface area contributed by atoms with Gasteiger partial charge >= 0.3 is 5.69 Å². The molecule has 1 aromatic heterocycles. The number of benzene rings is 1. The van der Waals surface area contributed by atoms with Gasteiger partial charge in [-0.05, 0) is 5.56 Å². The van der Waals surface area contributed by atoms with Crippen LogP contribution in [0.25, 0.3) is 0 Å². The molecule has 104 valence electrons. The topological polar surface area (TPSA) is 73.1 Å². The largest absolute Gasteiger partial charge is 0.348 e. The van der Waals surface area contributed by atoms with Gasteiger partial charge in [0.2, 0.25) is 0 Å². The van der Waals surface area contributed by atoms with Crippen molar-refractivity contribution in [3.05, 3.63) is 68.5 Å². The van der Waals surface area contributed by atoms with Crippen molar-refractivity contribution in [3.8, 4) is 0 Å². The normalized spacial score (nSPS) is 10.3. The summed E-state index contributed by atoms with van der Waals surface area (Å²) in [6.45, 7) is 0.325. The molecule has 2 rings (SSSR count). The van der Waals surface area contributed by atoms with Gasteiger partial charge in [0.05, 0.1) is 0 Å². The Bertz CT molecular complexity index is 744. The second kappa shape index (κ2) is 5.56. The van der Waals surface area contributed by atoms with Gasteiger partial charge < -0.3 is 9.88 Å². The van der Waals surface area contributed by atoms with Crippen molar-refractivity contribution < 1.29 is 4.79 Å². The van der Waals surface area contributed by atoms with Gasteiger partial charge in [-0.3, -0.25) is 14.2 Å². The van der Waals surface area contributed by atoms with Gasteiger partial charge in [0.25, 0.3) is 11.5 Å². The SMILES string of the molecule is Cn1cc(C(=O)NCc2ccccc2)c(=O)n(C)c1=O. The van der Waals surface area contributed by atoms with Crippen LogP contribution in [0.3, 0.4) is 0 Å². The number of aryl methyl sites for hydroxylation is 1. The van der Waals surface area contributed by atoms with Crippen molar-refractivity contribution in [2.75, 3.05) is 0 Å². The van der Waals surface area contributed by atoms with Crippen LogP contribution < -0.4 is 16.6 Å². The zero-order chi connectivity index (χ0) is 14.7. The molecule has 0 bridgehead atoms. The molecule has 0 unspecified atom stereocenters. The molecule has 0 aliphatic heterocycles. The first-order chi connectivity index (χ1) is 9.50. The average molecular weight is 273 g/mol. The Kier molecular flexibility index (Phi) is 3.84. The number of rotatable bonds is 3. The first kappa shape index (κ1) is 13.8. The maximum Gasteiger partial charge on any atom is 0.330 e. The maximum atomic E-state index is 12.0. The summed E-state index contributed by atoms with van der Waals surface area (Å²) >= 11 is 0. The third kappa shape index (κ3) is 2.69. The lowest BCUT2D eigenvalue weighted by Crippen LogP contribution is -2.41. The van der Waals surface area contributed by atoms with E-state index < -0.39 is 17.2 Å². The van der Waals surface area contributed by atoms with Gasteiger partial charge in [0.1, 0.15) is 5.56 Å². The molecular weight excluding hydrogens is 258 g/mol. The first-order valence-electron chi connectivity index (χ1n) is 6.09. The van der Waals surface area contributed by atoms with Crippen LogP contribution in [0, 0.1) is 0 Å². The van der Waals surface area contributed by atoms with Crippen molar-refractivity contribution in [2.24, 2.45) is 14.1 Å². The molecule has 0 saturated heterocycles. The third-order valence-corrected chi connectivity index (χ3v) is 2.99. The number of nitrogens with zero attached hydrogens (tertiary/aromatic N) is 2. The van der Waals surface area contributed by atoms with E-state index in [0.717, 1.165) is 10.1 Å². The third-order valence-electron chi connectivity index (χ3n) is 2.99. The van der Waals surface area contributed by atoms with Crippen LogP contribution in [0.1, 0.15) is 15.9 Å². The zero-order valence-electron chi connectivity index (χ0n) is 11.3. The van der Waals surface area contributed by atoms with Gasteiger partial charge in [0, 0.05) is 26.8 Å². The second-order valence-electron chi connectivity index (χ2n) is 4.47. The Balaban J connectivity index is 2.23. The van der Waals surface area contributed by atoms with E-state index in [0.29, 0.717) is 6.54 Å². The minimum Gasteiger partial charge on any atom is -0.348 e. The minimum absolute atomic E-state index is 0.0504. The van der Waals surface area contributed by atoms with Gasteiger partial charge in [-0.2, -0.15) is 0 Å². The Labute approximate surface area is 115 Å². The van der Waals surface area contributed by atoms with Crippen LogP contribution in [0.2, 0.25) is 0 Å². The molecule has 0 aliphatic carbocycles. The number of carbonyl (C=O) groups excluding carboxylic acids is 1. The Morgan fingerprint density at radius 3 is 2.45 bits per heavy atom. The molecule has 6 heteroatoms. The number of nitrogens with one attached hydrogen (secondary N) is 1. The highest BCUT2D eigenvalue weighted by atomic mass is 16.2. The summed E-state index contributed by atoms with van der Waals surface area (Å²) in [5.41, 5.74) is -0.179. The lowest BCUT2D eigenvalue weighted by atomic mass is 10.2. The molecule has 1 N–H and O–H groups in total. The number of hydrogen-bond donors (Lipinski definition) is 1. The predicted molar refractivity (Wildman–Crippen MR) is 74.5 cm³/mol.